The van der Waals surface area contributed by atoms with Gasteiger partial charge in [0.2, 0.25) is 0 Å². The Morgan fingerprint density at radius 3 is 3.00 bits per heavy atom. The molecular weight excluding hydrogens is 152 g/mol. The molecule has 1 aliphatic carbocycles. The number of carbonyl (C=O) groups is 1. The van der Waals surface area contributed by atoms with Crippen molar-refractivity contribution in [2.75, 3.05) is 0 Å². The Kier molecular flexibility index (Phi) is 1.67. The zero-order chi connectivity index (χ0) is 8.39. The van der Waals surface area contributed by atoms with E-state index >= 15 is 0 Å². The lowest BCUT2D eigenvalue weighted by molar-refractivity contribution is -0.131. The van der Waals surface area contributed by atoms with Crippen molar-refractivity contribution in [3.05, 3.63) is 41.5 Å². The highest BCUT2D eigenvalue weighted by molar-refractivity contribution is 5.62. The lowest BCUT2D eigenvalue weighted by Gasteiger charge is -2.07. The summed E-state index contributed by atoms with van der Waals surface area (Å²) in [4.78, 5) is 10.1. The molecule has 0 aliphatic heterocycles. The molecule has 0 heterocycles. The number of fused-ring (bicyclic) bond motifs is 1. The maximum Gasteiger partial charge on any atom is 0.294 e. The monoisotopic (exact) mass is 160 g/mol. The zero-order valence-corrected chi connectivity index (χ0v) is 6.44. The Morgan fingerprint density at radius 2 is 2.17 bits per heavy atom. The molecule has 0 amide bonds. The molecule has 1 aromatic rings. The van der Waals surface area contributed by atoms with E-state index in [2.05, 4.69) is 0 Å². The van der Waals surface area contributed by atoms with Crippen LogP contribution in [0.2, 0.25) is 0 Å². The Hall–Kier alpha value is -1.57. The highest BCUT2D eigenvalue weighted by Crippen LogP contribution is 2.29. The number of hydrogen-bond acceptors (Lipinski definition) is 2. The Morgan fingerprint density at radius 1 is 1.33 bits per heavy atom. The number of rotatable bonds is 2. The average Bonchev–Trinajstić information content (AvgIpc) is 2.50. The molecule has 60 valence electrons. The van der Waals surface area contributed by atoms with Crippen molar-refractivity contribution in [3.63, 3.8) is 0 Å². The van der Waals surface area contributed by atoms with Crippen LogP contribution in [0.1, 0.15) is 17.2 Å². The van der Waals surface area contributed by atoms with Crippen LogP contribution in [0.4, 0.5) is 0 Å². The first-order chi connectivity index (χ1) is 5.92. The molecule has 12 heavy (non-hydrogen) atoms. The molecule has 2 heteroatoms. The molecule has 0 spiro atoms. The first-order valence-corrected chi connectivity index (χ1v) is 3.78. The fourth-order valence-corrected chi connectivity index (χ4v) is 1.40. The highest BCUT2D eigenvalue weighted by atomic mass is 16.5. The second-order valence-corrected chi connectivity index (χ2v) is 2.64. The Balaban J connectivity index is 2.35. The first kappa shape index (κ1) is 7.10. The fraction of sp³-hybridized carbons (Fsp3) is 0.100. The molecule has 1 atom stereocenters. The molecule has 2 rings (SSSR count). The van der Waals surface area contributed by atoms with Gasteiger partial charge >= 0.3 is 0 Å². The van der Waals surface area contributed by atoms with E-state index < -0.39 is 0 Å². The third kappa shape index (κ3) is 1.01. The molecule has 2 nitrogen and oxygen atoms in total. The summed E-state index contributed by atoms with van der Waals surface area (Å²) in [5, 5.41) is 0. The van der Waals surface area contributed by atoms with Crippen LogP contribution in [0.15, 0.2) is 30.3 Å². The molecule has 1 aliphatic rings. The summed E-state index contributed by atoms with van der Waals surface area (Å²) in [6, 6.07) is 7.86. The smallest absolute Gasteiger partial charge is 0.294 e. The third-order valence-corrected chi connectivity index (χ3v) is 1.96. The minimum atomic E-state index is -0.182. The van der Waals surface area contributed by atoms with Crippen molar-refractivity contribution in [3.8, 4) is 0 Å². The van der Waals surface area contributed by atoms with Crippen molar-refractivity contribution in [1.29, 1.82) is 0 Å². The molecule has 0 fully saturated rings. The van der Waals surface area contributed by atoms with Crippen molar-refractivity contribution in [2.24, 2.45) is 0 Å². The second kappa shape index (κ2) is 2.81. The summed E-state index contributed by atoms with van der Waals surface area (Å²) < 4.78 is 4.86. The average molecular weight is 160 g/mol. The van der Waals surface area contributed by atoms with Crippen LogP contribution in [0.5, 0.6) is 0 Å². The molecular formula is C10H8O2. The number of hydrogen-bond donors (Lipinski definition) is 0. The van der Waals surface area contributed by atoms with Crippen LogP contribution in [0.25, 0.3) is 6.08 Å². The van der Waals surface area contributed by atoms with Crippen LogP contribution in [0, 0.1) is 0 Å². The summed E-state index contributed by atoms with van der Waals surface area (Å²) >= 11 is 0. The summed E-state index contributed by atoms with van der Waals surface area (Å²) in [7, 11) is 0. The molecule has 0 N–H and O–H groups in total. The van der Waals surface area contributed by atoms with E-state index in [0.29, 0.717) is 6.47 Å². The SMILES string of the molecule is O=COC1C=Cc2ccccc21. The predicted octanol–water partition coefficient (Wildman–Crippen LogP) is 1.93. The minimum Gasteiger partial charge on any atom is -0.455 e. The molecule has 1 unspecified atom stereocenters. The van der Waals surface area contributed by atoms with E-state index in [9.17, 15) is 4.79 Å². The summed E-state index contributed by atoms with van der Waals surface area (Å²) in [5.74, 6) is 0. The predicted molar refractivity (Wildman–Crippen MR) is 45.4 cm³/mol. The summed E-state index contributed by atoms with van der Waals surface area (Å²) in [5.41, 5.74) is 2.19. The van der Waals surface area contributed by atoms with E-state index in [0.717, 1.165) is 11.1 Å². The van der Waals surface area contributed by atoms with Crippen molar-refractivity contribution in [1.82, 2.24) is 0 Å². The number of ether oxygens (including phenoxy) is 1. The van der Waals surface area contributed by atoms with Gasteiger partial charge in [-0.05, 0) is 11.6 Å². The van der Waals surface area contributed by atoms with Crippen LogP contribution in [-0.4, -0.2) is 6.47 Å². The molecule has 0 bridgehead atoms. The van der Waals surface area contributed by atoms with Gasteiger partial charge in [0.25, 0.3) is 6.47 Å². The van der Waals surface area contributed by atoms with Gasteiger partial charge in [-0.1, -0.05) is 30.3 Å². The van der Waals surface area contributed by atoms with Crippen LogP contribution >= 0.6 is 0 Å². The van der Waals surface area contributed by atoms with Gasteiger partial charge in [-0.25, -0.2) is 0 Å². The van der Waals surface area contributed by atoms with Crippen LogP contribution in [-0.2, 0) is 9.53 Å². The summed E-state index contributed by atoms with van der Waals surface area (Å²) in [6.07, 6.45) is 3.65. The van der Waals surface area contributed by atoms with E-state index in [-0.39, 0.29) is 6.10 Å². The normalized spacial score (nSPS) is 18.8. The zero-order valence-electron chi connectivity index (χ0n) is 6.44. The van der Waals surface area contributed by atoms with Gasteiger partial charge in [-0.3, -0.25) is 4.79 Å². The standard InChI is InChI=1S/C10H8O2/c11-7-12-10-6-5-8-3-1-2-4-9(8)10/h1-7,10H. The van der Waals surface area contributed by atoms with Crippen molar-refractivity contribution in [2.45, 2.75) is 6.10 Å². The lowest BCUT2D eigenvalue weighted by Crippen LogP contribution is -1.96. The van der Waals surface area contributed by atoms with Gasteiger partial charge in [0, 0.05) is 5.56 Å². The minimum absolute atomic E-state index is 0.182. The molecule has 1 aromatic carbocycles. The number of benzene rings is 1. The van der Waals surface area contributed by atoms with Crippen molar-refractivity contribution < 1.29 is 9.53 Å². The summed E-state index contributed by atoms with van der Waals surface area (Å²) in [6.45, 7) is 0.483. The van der Waals surface area contributed by atoms with E-state index in [1.54, 1.807) is 0 Å². The van der Waals surface area contributed by atoms with Crippen LogP contribution < -0.4 is 0 Å². The lowest BCUT2D eigenvalue weighted by atomic mass is 10.1. The Labute approximate surface area is 70.5 Å². The fourth-order valence-electron chi connectivity index (χ4n) is 1.40. The van der Waals surface area contributed by atoms with Gasteiger partial charge in [-0.2, -0.15) is 0 Å². The van der Waals surface area contributed by atoms with Crippen molar-refractivity contribution >= 4 is 12.5 Å². The first-order valence-electron chi connectivity index (χ1n) is 3.78. The number of carbonyl (C=O) groups excluding carboxylic acids is 1. The Bertz CT molecular complexity index is 328. The quantitative estimate of drug-likeness (QED) is 0.618. The largest absolute Gasteiger partial charge is 0.455 e. The second-order valence-electron chi connectivity index (χ2n) is 2.64. The highest BCUT2D eigenvalue weighted by Gasteiger charge is 2.16. The van der Waals surface area contributed by atoms with E-state index in [4.69, 9.17) is 4.74 Å². The van der Waals surface area contributed by atoms with Gasteiger partial charge in [0.05, 0.1) is 0 Å². The van der Waals surface area contributed by atoms with Gasteiger partial charge < -0.3 is 4.74 Å². The van der Waals surface area contributed by atoms with Crippen LogP contribution in [0.3, 0.4) is 0 Å². The van der Waals surface area contributed by atoms with E-state index in [1.165, 1.54) is 0 Å². The van der Waals surface area contributed by atoms with E-state index in [1.807, 2.05) is 36.4 Å². The molecule has 0 aromatic heterocycles. The third-order valence-electron chi connectivity index (χ3n) is 1.96. The molecule has 0 saturated carbocycles. The molecule has 0 radical (unpaired) electrons. The maximum atomic E-state index is 10.1. The maximum absolute atomic E-state index is 10.1. The van der Waals surface area contributed by atoms with Gasteiger partial charge in [-0.15, -0.1) is 0 Å². The topological polar surface area (TPSA) is 26.3 Å². The molecule has 0 saturated heterocycles. The van der Waals surface area contributed by atoms with Gasteiger partial charge in [0.1, 0.15) is 6.10 Å². The van der Waals surface area contributed by atoms with Gasteiger partial charge in [0.15, 0.2) is 0 Å².